The van der Waals surface area contributed by atoms with E-state index < -0.39 is 54.3 Å². The highest BCUT2D eigenvalue weighted by Gasteiger charge is 2.38. The Morgan fingerprint density at radius 2 is 1.70 bits per heavy atom. The van der Waals surface area contributed by atoms with Gasteiger partial charge in [0, 0.05) is 13.0 Å². The van der Waals surface area contributed by atoms with Gasteiger partial charge < -0.3 is 37.2 Å². The molecule has 2 rings (SSSR count). The summed E-state index contributed by atoms with van der Waals surface area (Å²) >= 11 is 0. The summed E-state index contributed by atoms with van der Waals surface area (Å²) in [5.74, 6) is -4.22. The molecule has 0 bridgehead atoms. The van der Waals surface area contributed by atoms with Crippen LogP contribution in [-0.2, 0) is 30.4 Å². The van der Waals surface area contributed by atoms with E-state index in [1.807, 2.05) is 30.3 Å². The zero-order valence-electron chi connectivity index (χ0n) is 20.8. The van der Waals surface area contributed by atoms with Crippen LogP contribution in [-0.4, -0.2) is 82.0 Å². The SMILES string of the molecule is NCCCCC(NC(=O)C(CCC(=O)O)NC(=O)C1CCCN1C(=O)C(N)Cc1ccccc1)C(=O)O. The van der Waals surface area contributed by atoms with E-state index in [9.17, 15) is 29.1 Å². The van der Waals surface area contributed by atoms with Gasteiger partial charge in [0.05, 0.1) is 6.04 Å². The first kappa shape index (κ1) is 29.7. The Hall–Kier alpha value is -3.51. The van der Waals surface area contributed by atoms with E-state index in [2.05, 4.69) is 10.6 Å². The molecule has 1 aromatic rings. The molecule has 12 nitrogen and oxygen atoms in total. The third kappa shape index (κ3) is 9.47. The lowest BCUT2D eigenvalue weighted by Gasteiger charge is -2.28. The van der Waals surface area contributed by atoms with Gasteiger partial charge in [-0.25, -0.2) is 4.79 Å². The van der Waals surface area contributed by atoms with Crippen LogP contribution in [0.1, 0.15) is 50.5 Å². The molecule has 1 fully saturated rings. The Bertz CT molecular complexity index is 943. The van der Waals surface area contributed by atoms with Gasteiger partial charge in [0.2, 0.25) is 17.7 Å². The Labute approximate surface area is 215 Å². The maximum absolute atomic E-state index is 13.1. The molecule has 1 aliphatic heterocycles. The molecule has 37 heavy (non-hydrogen) atoms. The average Bonchev–Trinajstić information content (AvgIpc) is 3.35. The number of nitrogens with two attached hydrogens (primary N) is 2. The molecule has 0 saturated carbocycles. The van der Waals surface area contributed by atoms with Crippen LogP contribution in [0.2, 0.25) is 0 Å². The number of amides is 3. The standard InChI is InChI=1S/C25H37N5O7/c26-13-5-4-9-19(25(36)37)29-22(33)18(11-12-21(31)32)28-23(34)20-10-6-14-30(20)24(35)17(27)15-16-7-2-1-3-8-16/h1-3,7-8,17-20H,4-6,9-15,26-27H2,(H,28,34)(H,29,33)(H,31,32)(H,36,37). The summed E-state index contributed by atoms with van der Waals surface area (Å²) in [6.45, 7) is 0.705. The monoisotopic (exact) mass is 519 g/mol. The summed E-state index contributed by atoms with van der Waals surface area (Å²) < 4.78 is 0. The molecule has 1 heterocycles. The van der Waals surface area contributed by atoms with Crippen molar-refractivity contribution in [1.82, 2.24) is 15.5 Å². The van der Waals surface area contributed by atoms with Crippen molar-refractivity contribution in [2.24, 2.45) is 11.5 Å². The third-order valence-electron chi connectivity index (χ3n) is 6.30. The summed E-state index contributed by atoms with van der Waals surface area (Å²) in [6, 6.07) is 5.04. The van der Waals surface area contributed by atoms with Crippen molar-refractivity contribution >= 4 is 29.7 Å². The van der Waals surface area contributed by atoms with Crippen molar-refractivity contribution in [2.45, 2.75) is 75.5 Å². The van der Waals surface area contributed by atoms with Crippen LogP contribution in [0.4, 0.5) is 0 Å². The minimum Gasteiger partial charge on any atom is -0.481 e. The minimum absolute atomic E-state index is 0.141. The van der Waals surface area contributed by atoms with Gasteiger partial charge in [-0.2, -0.15) is 0 Å². The molecule has 4 atom stereocenters. The molecule has 204 valence electrons. The maximum Gasteiger partial charge on any atom is 0.326 e. The highest BCUT2D eigenvalue weighted by Crippen LogP contribution is 2.20. The van der Waals surface area contributed by atoms with Gasteiger partial charge in [0.25, 0.3) is 0 Å². The van der Waals surface area contributed by atoms with Crippen molar-refractivity contribution in [1.29, 1.82) is 0 Å². The normalized spacial score (nSPS) is 17.5. The topological polar surface area (TPSA) is 205 Å². The number of carboxylic acids is 2. The minimum atomic E-state index is -1.28. The molecule has 1 aromatic carbocycles. The summed E-state index contributed by atoms with van der Waals surface area (Å²) in [4.78, 5) is 63.1. The van der Waals surface area contributed by atoms with Gasteiger partial charge in [-0.1, -0.05) is 30.3 Å². The van der Waals surface area contributed by atoms with Crippen molar-refractivity contribution in [3.63, 3.8) is 0 Å². The van der Waals surface area contributed by atoms with Crippen molar-refractivity contribution in [3.8, 4) is 0 Å². The molecular formula is C25H37N5O7. The van der Waals surface area contributed by atoms with Crippen LogP contribution < -0.4 is 22.1 Å². The lowest BCUT2D eigenvalue weighted by Crippen LogP contribution is -2.56. The number of rotatable bonds is 15. The summed E-state index contributed by atoms with van der Waals surface area (Å²) in [5.41, 5.74) is 12.5. The number of likely N-dealkylation sites (tertiary alicyclic amines) is 1. The van der Waals surface area contributed by atoms with Crippen LogP contribution >= 0.6 is 0 Å². The molecule has 0 aliphatic carbocycles. The second-order valence-electron chi connectivity index (χ2n) is 9.16. The number of carboxylic acid groups (broad SMARTS) is 2. The van der Waals surface area contributed by atoms with E-state index in [0.29, 0.717) is 45.2 Å². The van der Waals surface area contributed by atoms with Gasteiger partial charge in [0.15, 0.2) is 0 Å². The predicted molar refractivity (Wildman–Crippen MR) is 134 cm³/mol. The number of carbonyl (C=O) groups excluding carboxylic acids is 3. The van der Waals surface area contributed by atoms with Gasteiger partial charge in [-0.05, 0) is 57.1 Å². The number of nitrogens with zero attached hydrogens (tertiary/aromatic N) is 1. The van der Waals surface area contributed by atoms with Crippen LogP contribution in [0.5, 0.6) is 0 Å². The Balaban J connectivity index is 2.07. The van der Waals surface area contributed by atoms with E-state index in [1.165, 1.54) is 4.90 Å². The van der Waals surface area contributed by atoms with E-state index >= 15 is 0 Å². The zero-order chi connectivity index (χ0) is 27.4. The molecule has 12 heteroatoms. The van der Waals surface area contributed by atoms with Crippen LogP contribution in [0, 0.1) is 0 Å². The predicted octanol–water partition coefficient (Wildman–Crippen LogP) is -0.405. The molecule has 3 amide bonds. The first-order valence-electron chi connectivity index (χ1n) is 12.5. The summed E-state index contributed by atoms with van der Waals surface area (Å²) in [6.07, 6.45) is 1.76. The zero-order valence-corrected chi connectivity index (χ0v) is 20.8. The molecule has 8 N–H and O–H groups in total. The smallest absolute Gasteiger partial charge is 0.326 e. The number of carbonyl (C=O) groups is 5. The molecule has 1 saturated heterocycles. The van der Waals surface area contributed by atoms with Gasteiger partial charge in [0.1, 0.15) is 18.1 Å². The number of hydrogen-bond donors (Lipinski definition) is 6. The van der Waals surface area contributed by atoms with Crippen molar-refractivity contribution in [3.05, 3.63) is 35.9 Å². The molecule has 0 aromatic heterocycles. The highest BCUT2D eigenvalue weighted by molar-refractivity contribution is 5.94. The van der Waals surface area contributed by atoms with Crippen LogP contribution in [0.3, 0.4) is 0 Å². The van der Waals surface area contributed by atoms with Crippen molar-refractivity contribution in [2.75, 3.05) is 13.1 Å². The van der Waals surface area contributed by atoms with E-state index in [-0.39, 0.29) is 18.7 Å². The average molecular weight is 520 g/mol. The lowest BCUT2D eigenvalue weighted by molar-refractivity contribution is -0.144. The van der Waals surface area contributed by atoms with Crippen LogP contribution in [0.25, 0.3) is 0 Å². The summed E-state index contributed by atoms with van der Waals surface area (Å²) in [5, 5.41) is 23.5. The third-order valence-corrected chi connectivity index (χ3v) is 6.30. The second-order valence-corrected chi connectivity index (χ2v) is 9.16. The fourth-order valence-corrected chi connectivity index (χ4v) is 4.30. The molecule has 0 spiro atoms. The molecule has 0 radical (unpaired) electrons. The second kappa shape index (κ2) is 14.9. The summed E-state index contributed by atoms with van der Waals surface area (Å²) in [7, 11) is 0. The first-order valence-corrected chi connectivity index (χ1v) is 12.5. The highest BCUT2D eigenvalue weighted by atomic mass is 16.4. The van der Waals surface area contributed by atoms with Gasteiger partial charge in [-0.3, -0.25) is 19.2 Å². The maximum atomic E-state index is 13.1. The number of nitrogens with one attached hydrogen (secondary N) is 2. The molecular weight excluding hydrogens is 482 g/mol. The van der Waals surface area contributed by atoms with E-state index in [1.54, 1.807) is 0 Å². The Morgan fingerprint density at radius 3 is 2.32 bits per heavy atom. The number of benzene rings is 1. The van der Waals surface area contributed by atoms with Crippen LogP contribution in [0.15, 0.2) is 30.3 Å². The van der Waals surface area contributed by atoms with Crippen molar-refractivity contribution < 1.29 is 34.2 Å². The molecule has 4 unspecified atom stereocenters. The Kier molecular flexibility index (Phi) is 12.0. The lowest BCUT2D eigenvalue weighted by atomic mass is 10.0. The van der Waals surface area contributed by atoms with E-state index in [0.717, 1.165) is 5.56 Å². The molecule has 1 aliphatic rings. The van der Waals surface area contributed by atoms with Gasteiger partial charge in [-0.15, -0.1) is 0 Å². The fraction of sp³-hybridized carbons (Fsp3) is 0.560. The first-order chi connectivity index (χ1) is 17.6. The number of aliphatic carboxylic acids is 2. The largest absolute Gasteiger partial charge is 0.481 e. The van der Waals surface area contributed by atoms with E-state index in [4.69, 9.17) is 16.6 Å². The number of hydrogen-bond acceptors (Lipinski definition) is 7. The quantitative estimate of drug-likeness (QED) is 0.166. The van der Waals surface area contributed by atoms with Gasteiger partial charge >= 0.3 is 11.9 Å². The number of unbranched alkanes of at least 4 members (excludes halogenated alkanes) is 1. The fourth-order valence-electron chi connectivity index (χ4n) is 4.30. The Morgan fingerprint density at radius 1 is 1.00 bits per heavy atom.